The highest BCUT2D eigenvalue weighted by Crippen LogP contribution is 2.43. The maximum absolute atomic E-state index is 11.5. The molecule has 2 aliphatic heterocycles. The van der Waals surface area contributed by atoms with Gasteiger partial charge in [0.15, 0.2) is 0 Å². The number of ether oxygens (including phenoxy) is 1. The third kappa shape index (κ3) is 2.48. The summed E-state index contributed by atoms with van der Waals surface area (Å²) in [6.45, 7) is 4.98. The van der Waals surface area contributed by atoms with Gasteiger partial charge in [0.1, 0.15) is 5.78 Å². The minimum Gasteiger partial charge on any atom is -0.370 e. The van der Waals surface area contributed by atoms with Crippen LogP contribution in [0.4, 0.5) is 0 Å². The zero-order chi connectivity index (χ0) is 12.6. The maximum Gasteiger partial charge on any atom is 0.138 e. The number of carbonyl (C=O) groups excluding carboxylic acids is 1. The number of piperidine rings is 1. The van der Waals surface area contributed by atoms with Crippen LogP contribution in [0, 0.1) is 5.92 Å². The number of Topliss-reactive ketones (excluding diaryl/α,β-unsaturated/α-hetero) is 1. The van der Waals surface area contributed by atoms with E-state index in [0.29, 0.717) is 11.9 Å². The summed E-state index contributed by atoms with van der Waals surface area (Å²) in [5.74, 6) is 0.659. The maximum atomic E-state index is 11.5. The van der Waals surface area contributed by atoms with Crippen molar-refractivity contribution in [3.63, 3.8) is 0 Å². The first-order chi connectivity index (χ1) is 8.67. The summed E-state index contributed by atoms with van der Waals surface area (Å²) in [5.41, 5.74) is 0.252. The van der Waals surface area contributed by atoms with Crippen molar-refractivity contribution >= 4 is 5.78 Å². The molecule has 0 radical (unpaired) electrons. The topological polar surface area (TPSA) is 29.5 Å². The summed E-state index contributed by atoms with van der Waals surface area (Å²) in [6.07, 6.45) is 8.89. The molecule has 1 saturated carbocycles. The second-order valence-electron chi connectivity index (χ2n) is 6.55. The molecule has 1 aliphatic carbocycles. The van der Waals surface area contributed by atoms with E-state index in [1.807, 2.05) is 0 Å². The fourth-order valence-electron chi connectivity index (χ4n) is 3.96. The average molecular weight is 251 g/mol. The largest absolute Gasteiger partial charge is 0.370 e. The molecule has 0 N–H and O–H groups in total. The first kappa shape index (κ1) is 12.6. The number of carbonyl (C=O) groups is 1. The first-order valence-corrected chi connectivity index (χ1v) is 7.60. The molecular weight excluding hydrogens is 226 g/mol. The van der Waals surface area contributed by atoms with Gasteiger partial charge in [0.2, 0.25) is 0 Å². The van der Waals surface area contributed by atoms with Crippen LogP contribution >= 0.6 is 0 Å². The van der Waals surface area contributed by atoms with Crippen LogP contribution in [-0.2, 0) is 9.53 Å². The van der Waals surface area contributed by atoms with Gasteiger partial charge in [-0.2, -0.15) is 0 Å². The molecular formula is C15H25NO2. The number of rotatable bonds is 2. The molecule has 2 atom stereocenters. The van der Waals surface area contributed by atoms with E-state index in [-0.39, 0.29) is 11.5 Å². The predicted octanol–water partition coefficient (Wildman–Crippen LogP) is 2.39. The van der Waals surface area contributed by atoms with Gasteiger partial charge in [-0.1, -0.05) is 19.8 Å². The SMILES string of the molecule is CC1CN(CC2CCC3(CCCC3)O2)CCC1=O. The van der Waals surface area contributed by atoms with Gasteiger partial charge >= 0.3 is 0 Å². The van der Waals surface area contributed by atoms with Crippen LogP contribution in [0.5, 0.6) is 0 Å². The number of ketones is 1. The summed E-state index contributed by atoms with van der Waals surface area (Å²) >= 11 is 0. The van der Waals surface area contributed by atoms with Gasteiger partial charge in [0, 0.05) is 32.0 Å². The smallest absolute Gasteiger partial charge is 0.138 e. The van der Waals surface area contributed by atoms with Gasteiger partial charge in [-0.25, -0.2) is 0 Å². The Balaban J connectivity index is 1.50. The molecule has 18 heavy (non-hydrogen) atoms. The zero-order valence-electron chi connectivity index (χ0n) is 11.5. The van der Waals surface area contributed by atoms with E-state index in [4.69, 9.17) is 4.74 Å². The van der Waals surface area contributed by atoms with Crippen LogP contribution in [-0.4, -0.2) is 42.0 Å². The Morgan fingerprint density at radius 2 is 2.11 bits per heavy atom. The fraction of sp³-hybridized carbons (Fsp3) is 0.933. The molecule has 3 nitrogen and oxygen atoms in total. The normalized spacial score (nSPS) is 36.6. The molecule has 3 fully saturated rings. The van der Waals surface area contributed by atoms with Gasteiger partial charge in [0.25, 0.3) is 0 Å². The molecule has 2 unspecified atom stereocenters. The van der Waals surface area contributed by atoms with E-state index in [9.17, 15) is 4.79 Å². The lowest BCUT2D eigenvalue weighted by Gasteiger charge is -2.32. The van der Waals surface area contributed by atoms with E-state index >= 15 is 0 Å². The molecule has 0 amide bonds. The monoisotopic (exact) mass is 251 g/mol. The summed E-state index contributed by atoms with van der Waals surface area (Å²) in [7, 11) is 0. The summed E-state index contributed by atoms with van der Waals surface area (Å²) < 4.78 is 6.35. The molecule has 0 bridgehead atoms. The van der Waals surface area contributed by atoms with E-state index in [1.165, 1.54) is 38.5 Å². The molecule has 3 rings (SSSR count). The van der Waals surface area contributed by atoms with Gasteiger partial charge < -0.3 is 4.74 Å². The Labute approximate surface area is 110 Å². The average Bonchev–Trinajstić information content (AvgIpc) is 2.96. The quantitative estimate of drug-likeness (QED) is 0.754. The Bertz CT molecular complexity index is 322. The summed E-state index contributed by atoms with van der Waals surface area (Å²) in [5, 5.41) is 0. The molecule has 0 aromatic heterocycles. The molecule has 2 heterocycles. The van der Waals surface area contributed by atoms with Crippen LogP contribution in [0.1, 0.15) is 51.9 Å². The Kier molecular flexibility index (Phi) is 3.46. The van der Waals surface area contributed by atoms with Crippen LogP contribution in [0.2, 0.25) is 0 Å². The van der Waals surface area contributed by atoms with Crippen molar-refractivity contribution in [3.05, 3.63) is 0 Å². The van der Waals surface area contributed by atoms with E-state index in [0.717, 1.165) is 26.1 Å². The summed E-state index contributed by atoms with van der Waals surface area (Å²) in [4.78, 5) is 14.0. The Morgan fingerprint density at radius 1 is 1.33 bits per heavy atom. The van der Waals surface area contributed by atoms with Crippen LogP contribution in [0.3, 0.4) is 0 Å². The molecule has 0 aromatic rings. The van der Waals surface area contributed by atoms with Crippen LogP contribution < -0.4 is 0 Å². The number of likely N-dealkylation sites (tertiary alicyclic amines) is 1. The number of nitrogens with zero attached hydrogens (tertiary/aromatic N) is 1. The first-order valence-electron chi connectivity index (χ1n) is 7.60. The van der Waals surface area contributed by atoms with Crippen molar-refractivity contribution < 1.29 is 9.53 Å². The molecule has 3 aliphatic rings. The molecule has 2 saturated heterocycles. The number of hydrogen-bond donors (Lipinski definition) is 0. The Hall–Kier alpha value is -0.410. The van der Waals surface area contributed by atoms with Gasteiger partial charge in [-0.15, -0.1) is 0 Å². The second kappa shape index (κ2) is 4.93. The van der Waals surface area contributed by atoms with Gasteiger partial charge in [0.05, 0.1) is 11.7 Å². The lowest BCUT2D eigenvalue weighted by Crippen LogP contribution is -2.43. The lowest BCUT2D eigenvalue weighted by molar-refractivity contribution is -0.126. The van der Waals surface area contributed by atoms with Crippen LogP contribution in [0.15, 0.2) is 0 Å². The van der Waals surface area contributed by atoms with Gasteiger partial charge in [-0.05, 0) is 25.7 Å². The fourth-order valence-corrected chi connectivity index (χ4v) is 3.96. The van der Waals surface area contributed by atoms with Crippen molar-refractivity contribution in [2.75, 3.05) is 19.6 Å². The van der Waals surface area contributed by atoms with E-state index in [1.54, 1.807) is 0 Å². The van der Waals surface area contributed by atoms with Crippen molar-refractivity contribution in [2.45, 2.75) is 63.6 Å². The van der Waals surface area contributed by atoms with E-state index < -0.39 is 0 Å². The third-order valence-electron chi connectivity index (χ3n) is 5.07. The zero-order valence-corrected chi connectivity index (χ0v) is 11.5. The van der Waals surface area contributed by atoms with Crippen molar-refractivity contribution in [3.8, 4) is 0 Å². The Morgan fingerprint density at radius 3 is 2.83 bits per heavy atom. The van der Waals surface area contributed by atoms with Gasteiger partial charge in [-0.3, -0.25) is 9.69 Å². The third-order valence-corrected chi connectivity index (χ3v) is 5.07. The summed E-state index contributed by atoms with van der Waals surface area (Å²) in [6, 6.07) is 0. The number of hydrogen-bond acceptors (Lipinski definition) is 3. The van der Waals surface area contributed by atoms with E-state index in [2.05, 4.69) is 11.8 Å². The van der Waals surface area contributed by atoms with Crippen molar-refractivity contribution in [1.82, 2.24) is 4.90 Å². The lowest BCUT2D eigenvalue weighted by atomic mass is 9.97. The highest BCUT2D eigenvalue weighted by Gasteiger charge is 2.42. The highest BCUT2D eigenvalue weighted by atomic mass is 16.5. The molecule has 102 valence electrons. The highest BCUT2D eigenvalue weighted by molar-refractivity contribution is 5.81. The predicted molar refractivity (Wildman–Crippen MR) is 70.5 cm³/mol. The molecule has 3 heteroatoms. The second-order valence-corrected chi connectivity index (χ2v) is 6.55. The van der Waals surface area contributed by atoms with Crippen molar-refractivity contribution in [2.24, 2.45) is 5.92 Å². The minimum absolute atomic E-state index is 0.223. The molecule has 0 aromatic carbocycles. The minimum atomic E-state index is 0.223. The standard InChI is InChI=1S/C15H25NO2/c1-12-10-16(9-5-14(12)17)11-13-4-8-15(18-13)6-2-3-7-15/h12-13H,2-11H2,1H3. The van der Waals surface area contributed by atoms with Crippen LogP contribution in [0.25, 0.3) is 0 Å². The molecule has 1 spiro atoms. The van der Waals surface area contributed by atoms with Crippen molar-refractivity contribution in [1.29, 1.82) is 0 Å².